The van der Waals surface area contributed by atoms with Gasteiger partial charge < -0.3 is 9.88 Å². The maximum absolute atomic E-state index is 4.59. The molecule has 88 valence electrons. The first-order chi connectivity index (χ1) is 8.24. The van der Waals surface area contributed by atoms with Crippen LogP contribution in [-0.2, 0) is 0 Å². The normalized spacial score (nSPS) is 11.8. The number of allylic oxidation sites excluding steroid dienone is 1. The minimum absolute atomic E-state index is 0.805. The summed E-state index contributed by atoms with van der Waals surface area (Å²) in [5, 5.41) is 0. The molecule has 2 rings (SSSR count). The van der Waals surface area contributed by atoms with Crippen LogP contribution in [0.1, 0.15) is 12.7 Å². The van der Waals surface area contributed by atoms with Crippen LogP contribution in [0.2, 0.25) is 0 Å². The van der Waals surface area contributed by atoms with Crippen LogP contribution >= 0.6 is 0 Å². The van der Waals surface area contributed by atoms with Gasteiger partial charge in [-0.3, -0.25) is 0 Å². The third-order valence-electron chi connectivity index (χ3n) is 2.77. The molecule has 17 heavy (non-hydrogen) atoms. The molecule has 0 amide bonds. The Morgan fingerprint density at radius 1 is 1.47 bits per heavy atom. The van der Waals surface area contributed by atoms with E-state index in [0.29, 0.717) is 0 Å². The number of imidazole rings is 1. The third kappa shape index (κ3) is 2.38. The monoisotopic (exact) mass is 227 g/mol. The van der Waals surface area contributed by atoms with Gasteiger partial charge in [-0.25, -0.2) is 4.98 Å². The SMILES string of the molecule is C=CN(C)C/C(=C\C)c1nc2ccccc2[nH]1. The number of nitrogens with one attached hydrogen (secondary N) is 1. The van der Waals surface area contributed by atoms with Crippen molar-refractivity contribution in [1.29, 1.82) is 0 Å². The third-order valence-corrected chi connectivity index (χ3v) is 2.77. The van der Waals surface area contributed by atoms with E-state index in [9.17, 15) is 0 Å². The van der Waals surface area contributed by atoms with E-state index in [1.165, 1.54) is 5.57 Å². The van der Waals surface area contributed by atoms with Crippen molar-refractivity contribution in [2.24, 2.45) is 0 Å². The second-order valence-electron chi connectivity index (χ2n) is 4.01. The van der Waals surface area contributed by atoms with Crippen molar-refractivity contribution < 1.29 is 0 Å². The number of likely N-dealkylation sites (N-methyl/N-ethyl adjacent to an activating group) is 1. The number of benzene rings is 1. The zero-order chi connectivity index (χ0) is 12.3. The van der Waals surface area contributed by atoms with E-state index in [4.69, 9.17) is 0 Å². The quantitative estimate of drug-likeness (QED) is 0.870. The van der Waals surface area contributed by atoms with Crippen LogP contribution in [0.3, 0.4) is 0 Å². The second-order valence-corrected chi connectivity index (χ2v) is 4.01. The molecular weight excluding hydrogens is 210 g/mol. The summed E-state index contributed by atoms with van der Waals surface area (Å²) in [6.07, 6.45) is 3.89. The maximum atomic E-state index is 4.59. The van der Waals surface area contributed by atoms with Crippen LogP contribution in [0.5, 0.6) is 0 Å². The number of hydrogen-bond donors (Lipinski definition) is 1. The maximum Gasteiger partial charge on any atom is 0.135 e. The van der Waals surface area contributed by atoms with Crippen LogP contribution in [0.25, 0.3) is 16.6 Å². The summed E-state index contributed by atoms with van der Waals surface area (Å²) < 4.78 is 0. The summed E-state index contributed by atoms with van der Waals surface area (Å²) in [6.45, 7) is 6.59. The Morgan fingerprint density at radius 2 is 2.24 bits per heavy atom. The second kappa shape index (κ2) is 4.87. The average Bonchev–Trinajstić information content (AvgIpc) is 2.78. The lowest BCUT2D eigenvalue weighted by molar-refractivity contribution is 0.517. The van der Waals surface area contributed by atoms with Crippen molar-refractivity contribution in [3.05, 3.63) is 48.9 Å². The number of para-hydroxylation sites is 2. The van der Waals surface area contributed by atoms with E-state index in [0.717, 1.165) is 23.4 Å². The summed E-state index contributed by atoms with van der Waals surface area (Å²) in [5.74, 6) is 0.933. The number of fused-ring (bicyclic) bond motifs is 1. The molecule has 1 N–H and O–H groups in total. The predicted octanol–water partition coefficient (Wildman–Crippen LogP) is 3.04. The van der Waals surface area contributed by atoms with Crippen molar-refractivity contribution in [2.75, 3.05) is 13.6 Å². The summed E-state index contributed by atoms with van der Waals surface area (Å²) in [5.41, 5.74) is 3.25. The van der Waals surface area contributed by atoms with Gasteiger partial charge in [0.15, 0.2) is 0 Å². The van der Waals surface area contributed by atoms with E-state index in [2.05, 4.69) is 22.6 Å². The van der Waals surface area contributed by atoms with E-state index in [1.54, 1.807) is 0 Å². The van der Waals surface area contributed by atoms with Crippen LogP contribution in [0.4, 0.5) is 0 Å². The molecule has 0 saturated heterocycles. The first-order valence-corrected chi connectivity index (χ1v) is 5.67. The first kappa shape index (κ1) is 11.5. The Bertz CT molecular complexity index is 518. The lowest BCUT2D eigenvalue weighted by Crippen LogP contribution is -2.13. The minimum atomic E-state index is 0.805. The molecule has 0 spiro atoms. The number of aromatic amines is 1. The summed E-state index contributed by atoms with van der Waals surface area (Å²) >= 11 is 0. The Morgan fingerprint density at radius 3 is 2.88 bits per heavy atom. The number of nitrogens with zero attached hydrogens (tertiary/aromatic N) is 2. The van der Waals surface area contributed by atoms with Gasteiger partial charge in [-0.05, 0) is 25.3 Å². The molecule has 0 atom stereocenters. The Hall–Kier alpha value is -2.03. The van der Waals surface area contributed by atoms with Crippen LogP contribution in [-0.4, -0.2) is 28.5 Å². The highest BCUT2D eigenvalue weighted by atomic mass is 15.1. The molecule has 0 aliphatic carbocycles. The number of hydrogen-bond acceptors (Lipinski definition) is 2. The smallest absolute Gasteiger partial charge is 0.135 e. The fraction of sp³-hybridized carbons (Fsp3) is 0.214. The molecule has 1 aromatic carbocycles. The molecule has 0 saturated carbocycles. The van der Waals surface area contributed by atoms with Gasteiger partial charge in [0.2, 0.25) is 0 Å². The topological polar surface area (TPSA) is 31.9 Å². The summed E-state index contributed by atoms with van der Waals surface area (Å²) in [4.78, 5) is 9.95. The van der Waals surface area contributed by atoms with Gasteiger partial charge in [0.1, 0.15) is 5.82 Å². The number of rotatable bonds is 4. The Labute approximate surface area is 101 Å². The molecule has 3 heteroatoms. The largest absolute Gasteiger partial charge is 0.377 e. The molecule has 2 aromatic rings. The standard InChI is InChI=1S/C14H17N3/c1-4-11(10-17(3)5-2)14-15-12-8-6-7-9-13(12)16-14/h4-9H,2,10H2,1,3H3,(H,15,16)/b11-4+. The first-order valence-electron chi connectivity index (χ1n) is 5.67. The zero-order valence-electron chi connectivity index (χ0n) is 10.3. The van der Waals surface area contributed by atoms with Crippen molar-refractivity contribution in [3.8, 4) is 0 Å². The highest BCUT2D eigenvalue weighted by Gasteiger charge is 2.07. The molecule has 1 heterocycles. The Kier molecular flexibility index (Phi) is 3.28. The predicted molar refractivity (Wildman–Crippen MR) is 72.6 cm³/mol. The molecule has 3 nitrogen and oxygen atoms in total. The molecule has 0 radical (unpaired) electrons. The average molecular weight is 227 g/mol. The van der Waals surface area contributed by atoms with Crippen molar-refractivity contribution in [2.45, 2.75) is 6.92 Å². The highest BCUT2D eigenvalue weighted by Crippen LogP contribution is 2.17. The fourth-order valence-electron chi connectivity index (χ4n) is 1.74. The van der Waals surface area contributed by atoms with E-state index < -0.39 is 0 Å². The summed E-state index contributed by atoms with van der Waals surface area (Å²) in [7, 11) is 2.00. The molecule has 0 aliphatic heterocycles. The van der Waals surface area contributed by atoms with E-state index in [-0.39, 0.29) is 0 Å². The lowest BCUT2D eigenvalue weighted by Gasteiger charge is -2.14. The number of H-pyrrole nitrogens is 1. The van der Waals surface area contributed by atoms with Gasteiger partial charge in [-0.1, -0.05) is 24.8 Å². The zero-order valence-corrected chi connectivity index (χ0v) is 10.3. The van der Waals surface area contributed by atoms with Gasteiger partial charge in [-0.15, -0.1) is 0 Å². The van der Waals surface area contributed by atoms with E-state index in [1.807, 2.05) is 49.3 Å². The van der Waals surface area contributed by atoms with E-state index >= 15 is 0 Å². The molecule has 0 bridgehead atoms. The molecular formula is C14H17N3. The molecule has 1 aromatic heterocycles. The van der Waals surface area contributed by atoms with Crippen molar-refractivity contribution in [1.82, 2.24) is 14.9 Å². The van der Waals surface area contributed by atoms with Gasteiger partial charge in [-0.2, -0.15) is 0 Å². The minimum Gasteiger partial charge on any atom is -0.377 e. The van der Waals surface area contributed by atoms with Gasteiger partial charge >= 0.3 is 0 Å². The van der Waals surface area contributed by atoms with Crippen molar-refractivity contribution in [3.63, 3.8) is 0 Å². The molecule has 0 aliphatic rings. The highest BCUT2D eigenvalue weighted by molar-refractivity contribution is 5.78. The lowest BCUT2D eigenvalue weighted by atomic mass is 10.2. The van der Waals surface area contributed by atoms with Gasteiger partial charge in [0.05, 0.1) is 11.0 Å². The molecule has 0 unspecified atom stereocenters. The van der Waals surface area contributed by atoms with Gasteiger partial charge in [0.25, 0.3) is 0 Å². The van der Waals surface area contributed by atoms with Crippen LogP contribution < -0.4 is 0 Å². The Balaban J connectivity index is 2.34. The fourth-order valence-corrected chi connectivity index (χ4v) is 1.74. The van der Waals surface area contributed by atoms with Crippen molar-refractivity contribution >= 4 is 16.6 Å². The number of aromatic nitrogens is 2. The molecule has 0 fully saturated rings. The summed E-state index contributed by atoms with van der Waals surface area (Å²) in [6, 6.07) is 8.06. The van der Waals surface area contributed by atoms with Crippen LogP contribution in [0, 0.1) is 0 Å². The van der Waals surface area contributed by atoms with Gasteiger partial charge in [0, 0.05) is 19.2 Å². The van der Waals surface area contributed by atoms with Crippen LogP contribution in [0.15, 0.2) is 43.1 Å².